The van der Waals surface area contributed by atoms with Crippen molar-refractivity contribution in [3.63, 3.8) is 0 Å². The van der Waals surface area contributed by atoms with E-state index in [1.54, 1.807) is 0 Å². The van der Waals surface area contributed by atoms with E-state index in [1.807, 2.05) is 35.2 Å². The number of aromatic nitrogens is 1. The Bertz CT molecular complexity index is 910. The Morgan fingerprint density at radius 3 is 2.54 bits per heavy atom. The molecule has 4 rings (SSSR count). The predicted molar refractivity (Wildman–Crippen MR) is 113 cm³/mol. The van der Waals surface area contributed by atoms with Gasteiger partial charge in [-0.3, -0.25) is 4.90 Å². The average molecular weight is 365 g/mol. The van der Waals surface area contributed by atoms with Crippen molar-refractivity contribution < 1.29 is 0 Å². The molecular formula is C21H24N4S. The number of thiocarbonyl (C=S) groups is 1. The average Bonchev–Trinajstić information content (AvgIpc) is 3.06. The summed E-state index contributed by atoms with van der Waals surface area (Å²) in [5.74, 6) is 0.602. The van der Waals surface area contributed by atoms with Crippen molar-refractivity contribution in [2.24, 2.45) is 5.73 Å². The molecule has 0 bridgehead atoms. The molecule has 26 heavy (non-hydrogen) atoms. The zero-order valence-corrected chi connectivity index (χ0v) is 15.8. The van der Waals surface area contributed by atoms with Crippen LogP contribution in [0.3, 0.4) is 0 Å². The number of hydrogen-bond donors (Lipinski definition) is 2. The number of aromatic amines is 1. The van der Waals surface area contributed by atoms with Gasteiger partial charge in [0.2, 0.25) is 0 Å². The van der Waals surface area contributed by atoms with E-state index in [0.717, 1.165) is 24.5 Å². The third-order valence-electron chi connectivity index (χ3n) is 5.35. The summed E-state index contributed by atoms with van der Waals surface area (Å²) >= 11 is 5.34. The fourth-order valence-electron chi connectivity index (χ4n) is 3.91. The molecule has 1 saturated heterocycles. The molecule has 0 unspecified atom stereocenters. The second-order valence-corrected chi connectivity index (χ2v) is 7.48. The number of nitrogens with one attached hydrogen (secondary N) is 1. The highest BCUT2D eigenvalue weighted by Crippen LogP contribution is 2.36. The molecule has 0 atom stereocenters. The number of H-pyrrole nitrogens is 1. The van der Waals surface area contributed by atoms with Crippen LogP contribution in [-0.2, 0) is 0 Å². The Labute approximate surface area is 159 Å². The number of likely N-dealkylation sites (tertiary alicyclic amines) is 1. The minimum atomic E-state index is 0.354. The van der Waals surface area contributed by atoms with Gasteiger partial charge in [0.15, 0.2) is 5.11 Å². The summed E-state index contributed by atoms with van der Waals surface area (Å²) in [6.07, 6.45) is 4.58. The second-order valence-electron chi connectivity index (χ2n) is 7.06. The van der Waals surface area contributed by atoms with E-state index >= 15 is 0 Å². The van der Waals surface area contributed by atoms with E-state index in [1.165, 1.54) is 29.3 Å². The Kier molecular flexibility index (Phi) is 4.66. The van der Waals surface area contributed by atoms with E-state index in [9.17, 15) is 0 Å². The van der Waals surface area contributed by atoms with Gasteiger partial charge in [0, 0.05) is 28.5 Å². The van der Waals surface area contributed by atoms with Crippen LogP contribution in [0.25, 0.3) is 10.9 Å². The largest absolute Gasteiger partial charge is 0.376 e. The first-order valence-corrected chi connectivity index (χ1v) is 9.48. The Morgan fingerprint density at radius 1 is 1.12 bits per heavy atom. The molecule has 3 aromatic rings. The maximum absolute atomic E-state index is 6.06. The molecule has 4 nitrogen and oxygen atoms in total. The minimum Gasteiger partial charge on any atom is -0.376 e. The molecule has 0 saturated carbocycles. The van der Waals surface area contributed by atoms with Crippen LogP contribution in [0.15, 0.2) is 54.7 Å². The first kappa shape index (κ1) is 17.1. The number of fused-ring (bicyclic) bond motifs is 1. The maximum Gasteiger partial charge on any atom is 0.175 e. The van der Waals surface area contributed by atoms with Crippen LogP contribution in [0.4, 0.5) is 11.4 Å². The van der Waals surface area contributed by atoms with Gasteiger partial charge in [-0.1, -0.05) is 18.2 Å². The van der Waals surface area contributed by atoms with E-state index in [0.29, 0.717) is 11.0 Å². The summed E-state index contributed by atoms with van der Waals surface area (Å²) in [6, 6.07) is 16.5. The molecule has 134 valence electrons. The summed E-state index contributed by atoms with van der Waals surface area (Å²) < 4.78 is 0. The quantitative estimate of drug-likeness (QED) is 0.678. The van der Waals surface area contributed by atoms with Crippen LogP contribution in [0.5, 0.6) is 0 Å². The molecule has 0 radical (unpaired) electrons. The van der Waals surface area contributed by atoms with E-state index in [-0.39, 0.29) is 0 Å². The molecule has 0 spiro atoms. The first-order chi connectivity index (χ1) is 12.6. The van der Waals surface area contributed by atoms with Gasteiger partial charge in [-0.15, -0.1) is 0 Å². The van der Waals surface area contributed by atoms with Crippen LogP contribution in [0, 0.1) is 0 Å². The summed E-state index contributed by atoms with van der Waals surface area (Å²) in [7, 11) is 2.20. The van der Waals surface area contributed by atoms with Gasteiger partial charge in [0.05, 0.1) is 0 Å². The molecule has 1 fully saturated rings. The van der Waals surface area contributed by atoms with Gasteiger partial charge in [-0.2, -0.15) is 0 Å². The SMILES string of the molecule is CN1CCC(c2c[nH]c3ccc(N(C(N)=S)c4ccccc4)cc23)CC1. The smallest absolute Gasteiger partial charge is 0.175 e. The van der Waals surface area contributed by atoms with Crippen molar-refractivity contribution >= 4 is 39.6 Å². The number of piperidine rings is 1. The van der Waals surface area contributed by atoms with Gasteiger partial charge in [0.1, 0.15) is 0 Å². The molecular weight excluding hydrogens is 340 g/mol. The molecule has 2 aromatic carbocycles. The van der Waals surface area contributed by atoms with Gasteiger partial charge < -0.3 is 15.6 Å². The monoisotopic (exact) mass is 364 g/mol. The molecule has 1 aliphatic rings. The van der Waals surface area contributed by atoms with Crippen LogP contribution in [0.2, 0.25) is 0 Å². The van der Waals surface area contributed by atoms with Crippen molar-refractivity contribution in [2.45, 2.75) is 18.8 Å². The molecule has 3 N–H and O–H groups in total. The third-order valence-corrected chi connectivity index (χ3v) is 5.53. The predicted octanol–water partition coefficient (Wildman–Crippen LogP) is 4.36. The molecule has 1 aliphatic heterocycles. The minimum absolute atomic E-state index is 0.354. The number of hydrogen-bond acceptors (Lipinski definition) is 2. The zero-order chi connectivity index (χ0) is 18.1. The van der Waals surface area contributed by atoms with Gasteiger partial charge >= 0.3 is 0 Å². The number of rotatable bonds is 3. The highest BCUT2D eigenvalue weighted by Gasteiger charge is 2.22. The van der Waals surface area contributed by atoms with E-state index in [4.69, 9.17) is 18.0 Å². The lowest BCUT2D eigenvalue weighted by atomic mass is 9.89. The fourth-order valence-corrected chi connectivity index (χ4v) is 4.12. The van der Waals surface area contributed by atoms with E-state index in [2.05, 4.69) is 41.3 Å². The number of benzene rings is 2. The summed E-state index contributed by atoms with van der Waals surface area (Å²) in [6.45, 7) is 2.31. The normalized spacial score (nSPS) is 16.0. The van der Waals surface area contributed by atoms with Crippen LogP contribution in [-0.4, -0.2) is 35.1 Å². The third kappa shape index (κ3) is 3.20. The number of para-hydroxylation sites is 1. The van der Waals surface area contributed by atoms with Gasteiger partial charge in [-0.25, -0.2) is 0 Å². The highest BCUT2D eigenvalue weighted by molar-refractivity contribution is 7.80. The molecule has 0 aliphatic carbocycles. The van der Waals surface area contributed by atoms with Crippen molar-refractivity contribution in [1.82, 2.24) is 9.88 Å². The van der Waals surface area contributed by atoms with Gasteiger partial charge in [0.25, 0.3) is 0 Å². The van der Waals surface area contributed by atoms with Crippen molar-refractivity contribution in [3.05, 3.63) is 60.3 Å². The number of nitrogens with zero attached hydrogens (tertiary/aromatic N) is 2. The lowest BCUT2D eigenvalue weighted by molar-refractivity contribution is 0.256. The molecule has 0 amide bonds. The van der Waals surface area contributed by atoms with Crippen molar-refractivity contribution in [2.75, 3.05) is 25.0 Å². The fraction of sp³-hybridized carbons (Fsp3) is 0.286. The maximum atomic E-state index is 6.06. The Morgan fingerprint density at radius 2 is 1.85 bits per heavy atom. The van der Waals surface area contributed by atoms with Crippen LogP contribution >= 0.6 is 12.2 Å². The van der Waals surface area contributed by atoms with Crippen molar-refractivity contribution in [1.29, 1.82) is 0 Å². The molecule has 5 heteroatoms. The lowest BCUT2D eigenvalue weighted by Gasteiger charge is -2.29. The molecule has 1 aromatic heterocycles. The van der Waals surface area contributed by atoms with E-state index < -0.39 is 0 Å². The summed E-state index contributed by atoms with van der Waals surface area (Å²) in [5, 5.41) is 1.63. The molecule has 2 heterocycles. The Hall–Kier alpha value is -2.37. The Balaban J connectivity index is 1.74. The standard InChI is InChI=1S/C21H24N4S/c1-24-11-9-15(10-12-24)19-14-23-20-8-7-17(13-18(19)20)25(21(22)26)16-5-3-2-4-6-16/h2-8,13-15,23H,9-12H2,1H3,(H2,22,26). The van der Waals surface area contributed by atoms with Crippen LogP contribution < -0.4 is 10.6 Å². The summed E-state index contributed by atoms with van der Waals surface area (Å²) in [5.41, 5.74) is 10.6. The lowest BCUT2D eigenvalue weighted by Crippen LogP contribution is -2.31. The second kappa shape index (κ2) is 7.09. The topological polar surface area (TPSA) is 48.3 Å². The number of nitrogens with two attached hydrogens (primary N) is 1. The van der Waals surface area contributed by atoms with Gasteiger partial charge in [-0.05, 0) is 87.0 Å². The summed E-state index contributed by atoms with van der Waals surface area (Å²) in [4.78, 5) is 7.77. The van der Waals surface area contributed by atoms with Crippen molar-refractivity contribution in [3.8, 4) is 0 Å². The zero-order valence-electron chi connectivity index (χ0n) is 15.0. The van der Waals surface area contributed by atoms with Crippen LogP contribution in [0.1, 0.15) is 24.3 Å². The first-order valence-electron chi connectivity index (χ1n) is 9.07. The number of anilines is 2. The highest BCUT2D eigenvalue weighted by atomic mass is 32.1.